The average Bonchev–Trinajstić information content (AvgIpc) is 2.52. The van der Waals surface area contributed by atoms with E-state index in [1.54, 1.807) is 25.1 Å². The van der Waals surface area contributed by atoms with Gasteiger partial charge >= 0.3 is 11.8 Å². The fourth-order valence-electron chi connectivity index (χ4n) is 1.67. The normalized spacial score (nSPS) is 10.6. The van der Waals surface area contributed by atoms with Gasteiger partial charge in [0, 0.05) is 10.7 Å². The summed E-state index contributed by atoms with van der Waals surface area (Å²) in [6.07, 6.45) is 1.30. The van der Waals surface area contributed by atoms with Crippen molar-refractivity contribution in [3.63, 3.8) is 0 Å². The second kappa shape index (κ2) is 7.51. The Morgan fingerprint density at radius 1 is 1.13 bits per heavy atom. The summed E-state index contributed by atoms with van der Waals surface area (Å²) in [7, 11) is 0. The highest BCUT2D eigenvalue weighted by atomic mass is 35.5. The summed E-state index contributed by atoms with van der Waals surface area (Å²) in [4.78, 5) is 23.4. The molecular formula is C16H13ClFN3O2. The van der Waals surface area contributed by atoms with Gasteiger partial charge in [0.25, 0.3) is 0 Å². The largest absolute Gasteiger partial charge is 0.329 e. The molecule has 0 bridgehead atoms. The van der Waals surface area contributed by atoms with Crippen molar-refractivity contribution in [1.29, 1.82) is 0 Å². The van der Waals surface area contributed by atoms with E-state index in [0.717, 1.165) is 5.56 Å². The molecule has 0 aliphatic carbocycles. The molecule has 0 unspecified atom stereocenters. The molecule has 2 aromatic carbocycles. The molecule has 2 rings (SSSR count). The third-order valence-corrected chi connectivity index (χ3v) is 3.14. The number of hydrogen-bond donors (Lipinski definition) is 2. The smallest absolute Gasteiger partial charge is 0.317 e. The molecule has 0 spiro atoms. The zero-order valence-electron chi connectivity index (χ0n) is 12.1. The molecule has 0 fully saturated rings. The van der Waals surface area contributed by atoms with Gasteiger partial charge in [0.15, 0.2) is 0 Å². The highest BCUT2D eigenvalue weighted by Crippen LogP contribution is 2.19. The maximum atomic E-state index is 12.7. The Bertz CT molecular complexity index is 760. The van der Waals surface area contributed by atoms with Crippen molar-refractivity contribution in [3.05, 3.63) is 64.4 Å². The number of nitrogens with zero attached hydrogens (tertiary/aromatic N) is 1. The van der Waals surface area contributed by atoms with Gasteiger partial charge in [0.2, 0.25) is 0 Å². The zero-order chi connectivity index (χ0) is 16.8. The minimum absolute atomic E-state index is 0.373. The number of amides is 2. The number of aryl methyl sites for hydroxylation is 1. The predicted molar refractivity (Wildman–Crippen MR) is 87.0 cm³/mol. The van der Waals surface area contributed by atoms with Crippen LogP contribution in [0, 0.1) is 12.7 Å². The van der Waals surface area contributed by atoms with Crippen molar-refractivity contribution in [2.24, 2.45) is 5.10 Å². The molecule has 0 saturated carbocycles. The summed E-state index contributed by atoms with van der Waals surface area (Å²) in [6.45, 7) is 1.77. The topological polar surface area (TPSA) is 70.6 Å². The lowest BCUT2D eigenvalue weighted by molar-refractivity contribution is -0.136. The summed E-state index contributed by atoms with van der Waals surface area (Å²) >= 11 is 5.84. The Labute approximate surface area is 137 Å². The summed E-state index contributed by atoms with van der Waals surface area (Å²) in [5.74, 6) is -2.17. The summed E-state index contributed by atoms with van der Waals surface area (Å²) in [5, 5.41) is 6.53. The Kier molecular flexibility index (Phi) is 5.43. The van der Waals surface area contributed by atoms with Gasteiger partial charge in [-0.3, -0.25) is 9.59 Å². The SMILES string of the molecule is Cc1ccc(Cl)cc1NC(=O)C(=O)N/N=C/c1ccc(F)cc1. The van der Waals surface area contributed by atoms with Crippen molar-refractivity contribution in [2.75, 3.05) is 5.32 Å². The van der Waals surface area contributed by atoms with Gasteiger partial charge in [-0.1, -0.05) is 29.8 Å². The van der Waals surface area contributed by atoms with Crippen LogP contribution in [-0.4, -0.2) is 18.0 Å². The standard InChI is InChI=1S/C16H13ClFN3O2/c1-10-2-5-12(17)8-14(10)20-15(22)16(23)21-19-9-11-3-6-13(18)7-4-11/h2-9H,1H3,(H,20,22)(H,21,23)/b19-9+. The van der Waals surface area contributed by atoms with Gasteiger partial charge in [-0.05, 0) is 42.3 Å². The van der Waals surface area contributed by atoms with E-state index in [1.807, 2.05) is 0 Å². The monoisotopic (exact) mass is 333 g/mol. The van der Waals surface area contributed by atoms with E-state index >= 15 is 0 Å². The van der Waals surface area contributed by atoms with Gasteiger partial charge in [-0.2, -0.15) is 5.10 Å². The lowest BCUT2D eigenvalue weighted by Crippen LogP contribution is -2.32. The lowest BCUT2D eigenvalue weighted by Gasteiger charge is -2.07. The Morgan fingerprint density at radius 2 is 1.83 bits per heavy atom. The minimum Gasteiger partial charge on any atom is -0.317 e. The molecule has 118 valence electrons. The number of rotatable bonds is 3. The van der Waals surface area contributed by atoms with Crippen LogP contribution in [0.4, 0.5) is 10.1 Å². The summed E-state index contributed by atoms with van der Waals surface area (Å²) in [5.41, 5.74) is 3.89. The fraction of sp³-hybridized carbons (Fsp3) is 0.0625. The molecule has 23 heavy (non-hydrogen) atoms. The van der Waals surface area contributed by atoms with E-state index in [-0.39, 0.29) is 5.82 Å². The molecule has 5 nitrogen and oxygen atoms in total. The maximum Gasteiger partial charge on any atom is 0.329 e. The van der Waals surface area contributed by atoms with Crippen molar-refractivity contribution in [2.45, 2.75) is 6.92 Å². The molecule has 0 aromatic heterocycles. The first-order valence-electron chi connectivity index (χ1n) is 6.62. The summed E-state index contributed by atoms with van der Waals surface area (Å²) < 4.78 is 12.7. The molecule has 2 N–H and O–H groups in total. The molecular weight excluding hydrogens is 321 g/mol. The molecule has 0 radical (unpaired) electrons. The third kappa shape index (κ3) is 4.89. The van der Waals surface area contributed by atoms with E-state index in [4.69, 9.17) is 11.6 Å². The molecule has 0 saturated heterocycles. The van der Waals surface area contributed by atoms with Gasteiger partial charge < -0.3 is 5.32 Å². The van der Waals surface area contributed by atoms with E-state index in [1.165, 1.54) is 30.5 Å². The van der Waals surface area contributed by atoms with Gasteiger partial charge in [-0.15, -0.1) is 0 Å². The van der Waals surface area contributed by atoms with Crippen molar-refractivity contribution in [3.8, 4) is 0 Å². The molecule has 0 atom stereocenters. The van der Waals surface area contributed by atoms with Crippen LogP contribution >= 0.6 is 11.6 Å². The van der Waals surface area contributed by atoms with Crippen LogP contribution in [0.1, 0.15) is 11.1 Å². The first kappa shape index (κ1) is 16.6. The number of halogens is 2. The van der Waals surface area contributed by atoms with Crippen LogP contribution < -0.4 is 10.7 Å². The van der Waals surface area contributed by atoms with E-state index in [0.29, 0.717) is 16.3 Å². The van der Waals surface area contributed by atoms with E-state index in [2.05, 4.69) is 15.8 Å². The Morgan fingerprint density at radius 3 is 2.52 bits per heavy atom. The van der Waals surface area contributed by atoms with Crippen LogP contribution in [-0.2, 0) is 9.59 Å². The lowest BCUT2D eigenvalue weighted by atomic mass is 10.2. The van der Waals surface area contributed by atoms with Crippen LogP contribution in [0.5, 0.6) is 0 Å². The van der Waals surface area contributed by atoms with Gasteiger partial charge in [-0.25, -0.2) is 9.82 Å². The van der Waals surface area contributed by atoms with Crippen LogP contribution in [0.15, 0.2) is 47.6 Å². The quantitative estimate of drug-likeness (QED) is 0.515. The first-order chi connectivity index (χ1) is 11.0. The van der Waals surface area contributed by atoms with Crippen molar-refractivity contribution >= 4 is 35.3 Å². The van der Waals surface area contributed by atoms with E-state index < -0.39 is 11.8 Å². The van der Waals surface area contributed by atoms with Gasteiger partial charge in [0.05, 0.1) is 6.21 Å². The van der Waals surface area contributed by atoms with Gasteiger partial charge in [0.1, 0.15) is 5.82 Å². The molecule has 0 heterocycles. The Hall–Kier alpha value is -2.73. The summed E-state index contributed by atoms with van der Waals surface area (Å²) in [6, 6.07) is 10.4. The maximum absolute atomic E-state index is 12.7. The number of benzene rings is 2. The molecule has 0 aliphatic heterocycles. The third-order valence-electron chi connectivity index (χ3n) is 2.90. The number of carbonyl (C=O) groups excluding carboxylic acids is 2. The minimum atomic E-state index is -0.928. The number of hydrogen-bond acceptors (Lipinski definition) is 3. The highest BCUT2D eigenvalue weighted by molar-refractivity contribution is 6.40. The molecule has 2 amide bonds. The fourth-order valence-corrected chi connectivity index (χ4v) is 1.85. The second-order valence-corrected chi connectivity index (χ2v) is 5.10. The van der Waals surface area contributed by atoms with Crippen LogP contribution in [0.3, 0.4) is 0 Å². The average molecular weight is 334 g/mol. The molecule has 7 heteroatoms. The van der Waals surface area contributed by atoms with Crippen LogP contribution in [0.2, 0.25) is 5.02 Å². The van der Waals surface area contributed by atoms with E-state index in [9.17, 15) is 14.0 Å². The number of nitrogens with one attached hydrogen (secondary N) is 2. The number of anilines is 1. The van der Waals surface area contributed by atoms with Crippen molar-refractivity contribution < 1.29 is 14.0 Å². The molecule has 2 aromatic rings. The highest BCUT2D eigenvalue weighted by Gasteiger charge is 2.14. The second-order valence-electron chi connectivity index (χ2n) is 4.66. The predicted octanol–water partition coefficient (Wildman–Crippen LogP) is 2.88. The van der Waals surface area contributed by atoms with Crippen LogP contribution in [0.25, 0.3) is 0 Å². The van der Waals surface area contributed by atoms with Crippen molar-refractivity contribution in [1.82, 2.24) is 5.43 Å². The first-order valence-corrected chi connectivity index (χ1v) is 6.99. The molecule has 0 aliphatic rings. The Balaban J connectivity index is 1.93. The number of hydrazone groups is 1. The zero-order valence-corrected chi connectivity index (χ0v) is 12.9. The number of carbonyl (C=O) groups is 2.